The molecule has 0 fully saturated rings. The van der Waals surface area contributed by atoms with Gasteiger partial charge in [0.05, 0.1) is 5.41 Å². The zero-order valence-electron chi connectivity index (χ0n) is 37.1. The van der Waals surface area contributed by atoms with Gasteiger partial charge in [-0.2, -0.15) is 0 Å². The van der Waals surface area contributed by atoms with Gasteiger partial charge >= 0.3 is 0 Å². The molecule has 4 aliphatic rings. The van der Waals surface area contributed by atoms with Gasteiger partial charge in [-0.3, -0.25) is 0 Å². The van der Waals surface area contributed by atoms with Crippen molar-refractivity contribution in [1.29, 1.82) is 0 Å². The van der Waals surface area contributed by atoms with E-state index in [0.717, 1.165) is 34.8 Å². The Morgan fingerprint density at radius 3 is 1.78 bits per heavy atom. The topological polar surface area (TPSA) is 36.8 Å². The van der Waals surface area contributed by atoms with Gasteiger partial charge < -0.3 is 5.32 Å². The molecule has 1 heterocycles. The fourth-order valence-corrected chi connectivity index (χ4v) is 10.6. The molecule has 3 atom stereocenters. The molecule has 11 rings (SSSR count). The van der Waals surface area contributed by atoms with Crippen LogP contribution in [0.1, 0.15) is 110 Å². The van der Waals surface area contributed by atoms with Crippen LogP contribution in [0.4, 0.5) is 0 Å². The van der Waals surface area contributed by atoms with E-state index in [4.69, 9.17) is 9.98 Å². The molecule has 0 aromatic heterocycles. The molecular weight excluding hydrogens is 763 g/mol. The fraction of sp³-hybridized carbons (Fsp3) is 0.200. The lowest BCUT2D eigenvalue weighted by atomic mass is 9.68. The molecule has 0 radical (unpaired) electrons. The van der Waals surface area contributed by atoms with Crippen LogP contribution in [0.2, 0.25) is 0 Å². The average molecular weight is 816 g/mol. The minimum atomic E-state index is -0.515. The van der Waals surface area contributed by atoms with Gasteiger partial charge in [-0.1, -0.05) is 205 Å². The van der Waals surface area contributed by atoms with Crippen LogP contribution in [0, 0.1) is 0 Å². The second kappa shape index (κ2) is 14.6. The Kier molecular flexibility index (Phi) is 9.07. The Hall–Kier alpha value is -6.84. The van der Waals surface area contributed by atoms with Crippen molar-refractivity contribution in [1.82, 2.24) is 5.32 Å². The van der Waals surface area contributed by atoms with Gasteiger partial charge in [-0.25, -0.2) is 9.98 Å². The molecule has 1 aliphatic heterocycles. The van der Waals surface area contributed by atoms with Crippen molar-refractivity contribution in [3.63, 3.8) is 0 Å². The Bertz CT molecular complexity index is 3040. The Labute approximate surface area is 372 Å². The largest absolute Gasteiger partial charge is 0.324 e. The third-order valence-electron chi connectivity index (χ3n) is 13.9. The summed E-state index contributed by atoms with van der Waals surface area (Å²) in [5, 5.41) is 3.83. The molecule has 7 aromatic carbocycles. The first kappa shape index (κ1) is 39.0. The maximum atomic E-state index is 5.54. The van der Waals surface area contributed by atoms with Crippen LogP contribution < -0.4 is 5.32 Å². The quantitative estimate of drug-likeness (QED) is 0.185. The van der Waals surface area contributed by atoms with Crippen molar-refractivity contribution in [2.75, 3.05) is 0 Å². The molecule has 3 nitrogen and oxygen atoms in total. The summed E-state index contributed by atoms with van der Waals surface area (Å²) in [7, 11) is 0. The number of fused-ring (bicyclic) bond motifs is 10. The van der Waals surface area contributed by atoms with Gasteiger partial charge in [0, 0.05) is 17.0 Å². The monoisotopic (exact) mass is 815 g/mol. The summed E-state index contributed by atoms with van der Waals surface area (Å²) in [6.45, 7) is 13.7. The van der Waals surface area contributed by atoms with Crippen molar-refractivity contribution < 1.29 is 0 Å². The lowest BCUT2D eigenvalue weighted by Gasteiger charge is -2.33. The van der Waals surface area contributed by atoms with Crippen molar-refractivity contribution >= 4 is 11.7 Å². The highest BCUT2D eigenvalue weighted by Gasteiger charge is 2.56. The molecule has 7 aromatic rings. The summed E-state index contributed by atoms with van der Waals surface area (Å²) < 4.78 is 0. The number of allylic oxidation sites excluding steroid dienone is 4. The van der Waals surface area contributed by atoms with Crippen LogP contribution in [-0.2, 0) is 16.2 Å². The highest BCUT2D eigenvalue weighted by atomic mass is 15.2. The third kappa shape index (κ3) is 6.39. The van der Waals surface area contributed by atoms with E-state index in [0.29, 0.717) is 0 Å². The number of benzene rings is 7. The SMILES string of the molecule is CC(C)(C)c1ccc(-c2ccc3c(c2)C2(C4=CC=CCC43)c3ccccc3-c3c(C4=NC(c5ccccc5)N=C(c5ccccc5)N4)cc(-c4ccc(C(C)(C)C)cc4)cc32)cc1. The predicted octanol–water partition coefficient (Wildman–Crippen LogP) is 14.4. The Balaban J connectivity index is 1.20. The standard InChI is InChI=1S/C60H53N3/c1-58(2,3)44-30-25-38(26-31-44)42-29-34-47-46-21-13-15-23-50(46)60(52(47)36-42)51-24-16-14-22-48(51)54-49(35-43(37-53(54)60)39-27-32-45(33-28-39)59(4,5)6)57-62-55(40-17-9-7-10-18-40)61-56(63-57)41-19-11-8-12-20-41/h7-20,22-37,46,55H,21H2,1-6H3,(H,61,62,63). The summed E-state index contributed by atoms with van der Waals surface area (Å²) in [6.07, 6.45) is 7.64. The highest BCUT2D eigenvalue weighted by Crippen LogP contribution is 2.66. The molecule has 3 unspecified atom stereocenters. The minimum absolute atomic E-state index is 0.0437. The van der Waals surface area contributed by atoms with Gasteiger partial charge in [-0.05, 0) is 113 Å². The lowest BCUT2D eigenvalue weighted by molar-refractivity contribution is 0.590. The summed E-state index contributed by atoms with van der Waals surface area (Å²) in [5.41, 5.74) is 19.7. The van der Waals surface area contributed by atoms with Gasteiger partial charge in [-0.15, -0.1) is 0 Å². The van der Waals surface area contributed by atoms with Crippen LogP contribution in [0.15, 0.2) is 198 Å². The van der Waals surface area contributed by atoms with Crippen LogP contribution in [-0.4, -0.2) is 11.7 Å². The predicted molar refractivity (Wildman–Crippen MR) is 263 cm³/mol. The number of aliphatic imine (C=N–C) groups is 2. The van der Waals surface area contributed by atoms with Crippen molar-refractivity contribution in [2.24, 2.45) is 9.98 Å². The zero-order valence-corrected chi connectivity index (χ0v) is 37.1. The number of nitrogens with one attached hydrogen (secondary N) is 1. The molecule has 1 spiro atoms. The third-order valence-corrected chi connectivity index (χ3v) is 13.9. The normalized spacial score (nSPS) is 19.6. The first-order chi connectivity index (χ1) is 30.5. The molecule has 3 heteroatoms. The molecule has 1 N–H and O–H groups in total. The van der Waals surface area contributed by atoms with Crippen molar-refractivity contribution in [3.05, 3.63) is 238 Å². The molecule has 3 aliphatic carbocycles. The van der Waals surface area contributed by atoms with Crippen molar-refractivity contribution in [3.8, 4) is 33.4 Å². The van der Waals surface area contributed by atoms with Gasteiger partial charge in [0.25, 0.3) is 0 Å². The smallest absolute Gasteiger partial charge is 0.169 e. The van der Waals surface area contributed by atoms with E-state index in [1.165, 1.54) is 72.3 Å². The molecule has 63 heavy (non-hydrogen) atoms. The Morgan fingerprint density at radius 1 is 0.508 bits per heavy atom. The minimum Gasteiger partial charge on any atom is -0.324 e. The lowest BCUT2D eigenvalue weighted by Crippen LogP contribution is -2.36. The molecule has 308 valence electrons. The molecule has 0 saturated heterocycles. The first-order valence-corrected chi connectivity index (χ1v) is 22.5. The maximum Gasteiger partial charge on any atom is 0.169 e. The molecule has 0 amide bonds. The molecule has 0 bridgehead atoms. The number of amidine groups is 2. The molecular formula is C60H53N3. The summed E-state index contributed by atoms with van der Waals surface area (Å²) in [4.78, 5) is 10.8. The average Bonchev–Trinajstić information content (AvgIpc) is 3.78. The second-order valence-corrected chi connectivity index (χ2v) is 19.8. The van der Waals surface area contributed by atoms with Crippen molar-refractivity contribution in [2.45, 2.75) is 76.3 Å². The number of hydrogen-bond donors (Lipinski definition) is 1. The summed E-state index contributed by atoms with van der Waals surface area (Å²) in [6, 6.07) is 60.9. The number of hydrogen-bond acceptors (Lipinski definition) is 3. The number of nitrogens with zero attached hydrogens (tertiary/aromatic N) is 2. The van der Waals surface area contributed by atoms with E-state index in [1.54, 1.807) is 0 Å². The van der Waals surface area contributed by atoms with Crippen LogP contribution >= 0.6 is 0 Å². The second-order valence-electron chi connectivity index (χ2n) is 19.8. The van der Waals surface area contributed by atoms with Gasteiger partial charge in [0.15, 0.2) is 6.17 Å². The molecule has 0 saturated carbocycles. The summed E-state index contributed by atoms with van der Waals surface area (Å²) >= 11 is 0. The van der Waals surface area contributed by atoms with Gasteiger partial charge in [0.2, 0.25) is 0 Å². The number of rotatable bonds is 5. The van der Waals surface area contributed by atoms with Crippen LogP contribution in [0.5, 0.6) is 0 Å². The van der Waals surface area contributed by atoms with E-state index in [-0.39, 0.29) is 16.7 Å². The fourth-order valence-electron chi connectivity index (χ4n) is 10.6. The summed E-state index contributed by atoms with van der Waals surface area (Å²) in [5.74, 6) is 1.91. The van der Waals surface area contributed by atoms with E-state index in [9.17, 15) is 0 Å². The van der Waals surface area contributed by atoms with Gasteiger partial charge in [0.1, 0.15) is 11.7 Å². The van der Waals surface area contributed by atoms with E-state index in [1.807, 2.05) is 0 Å². The zero-order chi connectivity index (χ0) is 43.1. The maximum absolute atomic E-state index is 5.54. The first-order valence-electron chi connectivity index (χ1n) is 22.5. The van der Waals surface area contributed by atoms with E-state index < -0.39 is 11.6 Å². The highest BCUT2D eigenvalue weighted by molar-refractivity contribution is 6.19. The Morgan fingerprint density at radius 2 is 1.10 bits per heavy atom. The van der Waals surface area contributed by atoms with E-state index in [2.05, 4.69) is 229 Å². The van der Waals surface area contributed by atoms with E-state index >= 15 is 0 Å². The van der Waals surface area contributed by atoms with Crippen LogP contribution in [0.25, 0.3) is 33.4 Å². The van der Waals surface area contributed by atoms with Crippen LogP contribution in [0.3, 0.4) is 0 Å².